The number of halogens is 1. The third kappa shape index (κ3) is 4.37. The van der Waals surface area contributed by atoms with Crippen molar-refractivity contribution in [1.82, 2.24) is 15.2 Å². The molecule has 0 unspecified atom stereocenters. The van der Waals surface area contributed by atoms with Crippen LogP contribution in [-0.2, 0) is 17.8 Å². The Hall–Kier alpha value is -3.57. The average Bonchev–Trinajstić information content (AvgIpc) is 3.22. The van der Waals surface area contributed by atoms with Gasteiger partial charge in [0.15, 0.2) is 0 Å². The second-order valence-electron chi connectivity index (χ2n) is 8.31. The predicted octanol–water partition coefficient (Wildman–Crippen LogP) is 5.27. The highest BCUT2D eigenvalue weighted by molar-refractivity contribution is 6.33. The predicted molar refractivity (Wildman–Crippen MR) is 130 cm³/mol. The van der Waals surface area contributed by atoms with Crippen LogP contribution in [0.2, 0.25) is 5.02 Å². The first-order valence-corrected chi connectivity index (χ1v) is 11.4. The largest absolute Gasteiger partial charge is 0.358 e. The molecule has 166 valence electrons. The molecular formula is C27H24ClN3O2. The third-order valence-corrected chi connectivity index (χ3v) is 6.57. The number of nitrogens with zero attached hydrogens (tertiary/aromatic N) is 1. The van der Waals surface area contributed by atoms with E-state index in [0.717, 1.165) is 22.9 Å². The molecule has 33 heavy (non-hydrogen) atoms. The van der Waals surface area contributed by atoms with E-state index < -0.39 is 6.04 Å². The van der Waals surface area contributed by atoms with E-state index in [-0.39, 0.29) is 18.2 Å². The van der Waals surface area contributed by atoms with E-state index >= 15 is 0 Å². The summed E-state index contributed by atoms with van der Waals surface area (Å²) in [6, 6.07) is 24.3. The third-order valence-electron chi connectivity index (χ3n) is 6.24. The van der Waals surface area contributed by atoms with E-state index in [1.165, 1.54) is 11.3 Å². The molecule has 1 atom stereocenters. The molecule has 0 bridgehead atoms. The minimum Gasteiger partial charge on any atom is -0.358 e. The first-order valence-electron chi connectivity index (χ1n) is 11.1. The van der Waals surface area contributed by atoms with E-state index in [1.54, 1.807) is 24.3 Å². The van der Waals surface area contributed by atoms with Crippen molar-refractivity contribution in [2.24, 2.45) is 0 Å². The van der Waals surface area contributed by atoms with Crippen LogP contribution in [0.25, 0.3) is 10.9 Å². The number of benzene rings is 3. The van der Waals surface area contributed by atoms with Crippen molar-refractivity contribution in [1.29, 1.82) is 0 Å². The zero-order chi connectivity index (χ0) is 22.8. The van der Waals surface area contributed by atoms with E-state index in [0.29, 0.717) is 23.7 Å². The lowest BCUT2D eigenvalue weighted by molar-refractivity contribution is -0.132. The molecule has 1 aliphatic rings. The molecule has 3 aromatic carbocycles. The standard InChI is InChI=1S/C27H24ClN3O2/c28-22-12-6-4-11-20(22)27(33)30-25(18-8-2-1-3-9-18)16-26(32)31-15-14-24-21(17-31)19-10-5-7-13-23(19)29-24/h1-13,25,29H,14-17H2,(H,30,33)/t25-/m0/s1. The lowest BCUT2D eigenvalue weighted by atomic mass is 10.00. The minimum absolute atomic E-state index is 0.0132. The molecular weight excluding hydrogens is 434 g/mol. The summed E-state index contributed by atoms with van der Waals surface area (Å²) in [5, 5.41) is 4.58. The number of carbonyl (C=O) groups is 2. The summed E-state index contributed by atoms with van der Waals surface area (Å²) in [6.07, 6.45) is 0.968. The number of hydrogen-bond acceptors (Lipinski definition) is 2. The SMILES string of the molecule is O=C(N[C@@H](CC(=O)N1CCc2[nH]c3ccccc3c2C1)c1ccccc1)c1ccccc1Cl. The molecule has 1 aromatic heterocycles. The molecule has 0 saturated heterocycles. The highest BCUT2D eigenvalue weighted by Gasteiger charge is 2.27. The fourth-order valence-electron chi connectivity index (χ4n) is 4.50. The quantitative estimate of drug-likeness (QED) is 0.429. The van der Waals surface area contributed by atoms with E-state index in [4.69, 9.17) is 11.6 Å². The molecule has 0 spiro atoms. The fraction of sp³-hybridized carbons (Fsp3) is 0.185. The molecule has 0 aliphatic carbocycles. The maximum Gasteiger partial charge on any atom is 0.253 e. The van der Waals surface area contributed by atoms with Gasteiger partial charge < -0.3 is 15.2 Å². The molecule has 0 radical (unpaired) electrons. The highest BCUT2D eigenvalue weighted by Crippen LogP contribution is 2.29. The molecule has 0 saturated carbocycles. The zero-order valence-electron chi connectivity index (χ0n) is 18.1. The summed E-state index contributed by atoms with van der Waals surface area (Å²) in [7, 11) is 0. The van der Waals surface area contributed by atoms with Crippen molar-refractivity contribution < 1.29 is 9.59 Å². The van der Waals surface area contributed by atoms with Crippen molar-refractivity contribution in [3.63, 3.8) is 0 Å². The van der Waals surface area contributed by atoms with Crippen LogP contribution < -0.4 is 5.32 Å². The van der Waals surface area contributed by atoms with Crippen LogP contribution in [-0.4, -0.2) is 28.2 Å². The zero-order valence-corrected chi connectivity index (χ0v) is 18.8. The molecule has 2 amide bonds. The molecule has 0 fully saturated rings. The molecule has 5 nitrogen and oxygen atoms in total. The Morgan fingerprint density at radius 2 is 1.70 bits per heavy atom. The molecule has 5 rings (SSSR count). The van der Waals surface area contributed by atoms with Gasteiger partial charge in [-0.1, -0.05) is 72.3 Å². The van der Waals surface area contributed by atoms with Crippen LogP contribution in [0, 0.1) is 0 Å². The van der Waals surface area contributed by atoms with Crippen LogP contribution in [0.5, 0.6) is 0 Å². The number of aromatic amines is 1. The summed E-state index contributed by atoms with van der Waals surface area (Å²) in [5.74, 6) is -0.279. The van der Waals surface area contributed by atoms with Gasteiger partial charge in [0.05, 0.1) is 23.0 Å². The van der Waals surface area contributed by atoms with Gasteiger partial charge in [0.25, 0.3) is 5.91 Å². The summed E-state index contributed by atoms with van der Waals surface area (Å²) >= 11 is 6.22. The van der Waals surface area contributed by atoms with E-state index in [2.05, 4.69) is 22.4 Å². The number of amides is 2. The molecule has 2 N–H and O–H groups in total. The number of fused-ring (bicyclic) bond motifs is 3. The van der Waals surface area contributed by atoms with Crippen LogP contribution in [0.15, 0.2) is 78.9 Å². The van der Waals surface area contributed by atoms with Gasteiger partial charge in [-0.25, -0.2) is 0 Å². The second kappa shape index (κ2) is 9.12. The Labute approximate surface area is 197 Å². The normalized spacial score (nSPS) is 14.0. The van der Waals surface area contributed by atoms with Gasteiger partial charge in [0.1, 0.15) is 0 Å². The minimum atomic E-state index is -0.452. The number of nitrogens with one attached hydrogen (secondary N) is 2. The fourth-order valence-corrected chi connectivity index (χ4v) is 4.72. The summed E-state index contributed by atoms with van der Waals surface area (Å²) < 4.78 is 0. The first-order chi connectivity index (χ1) is 16.1. The molecule has 4 aromatic rings. The number of rotatable bonds is 5. The van der Waals surface area contributed by atoms with Gasteiger partial charge in [-0.05, 0) is 23.8 Å². The van der Waals surface area contributed by atoms with Crippen LogP contribution >= 0.6 is 11.6 Å². The number of para-hydroxylation sites is 1. The highest BCUT2D eigenvalue weighted by atomic mass is 35.5. The lowest BCUT2D eigenvalue weighted by Crippen LogP contribution is -2.39. The van der Waals surface area contributed by atoms with Gasteiger partial charge in [-0.2, -0.15) is 0 Å². The van der Waals surface area contributed by atoms with Gasteiger partial charge >= 0.3 is 0 Å². The maximum absolute atomic E-state index is 13.4. The number of H-pyrrole nitrogens is 1. The maximum atomic E-state index is 13.4. The summed E-state index contributed by atoms with van der Waals surface area (Å²) in [6.45, 7) is 1.22. The Kier molecular flexibility index (Phi) is 5.88. The van der Waals surface area contributed by atoms with Gasteiger partial charge in [-0.15, -0.1) is 0 Å². The number of aromatic nitrogens is 1. The van der Waals surface area contributed by atoms with Crippen molar-refractivity contribution in [2.75, 3.05) is 6.54 Å². The van der Waals surface area contributed by atoms with E-state index in [1.807, 2.05) is 47.4 Å². The van der Waals surface area contributed by atoms with Gasteiger partial charge in [0, 0.05) is 41.7 Å². The molecule has 2 heterocycles. The Bertz CT molecular complexity index is 1320. The Balaban J connectivity index is 1.36. The molecule has 1 aliphatic heterocycles. The van der Waals surface area contributed by atoms with E-state index in [9.17, 15) is 9.59 Å². The Morgan fingerprint density at radius 1 is 0.970 bits per heavy atom. The Morgan fingerprint density at radius 3 is 2.52 bits per heavy atom. The van der Waals surface area contributed by atoms with Gasteiger partial charge in [-0.3, -0.25) is 9.59 Å². The number of carbonyl (C=O) groups excluding carboxylic acids is 2. The topological polar surface area (TPSA) is 65.2 Å². The summed E-state index contributed by atoms with van der Waals surface area (Å²) in [5.41, 5.74) is 4.77. The first kappa shape index (κ1) is 21.3. The van der Waals surface area contributed by atoms with Crippen molar-refractivity contribution >= 4 is 34.3 Å². The second-order valence-corrected chi connectivity index (χ2v) is 8.72. The average molecular weight is 458 g/mol. The van der Waals surface area contributed by atoms with Crippen molar-refractivity contribution in [3.8, 4) is 0 Å². The van der Waals surface area contributed by atoms with Crippen molar-refractivity contribution in [3.05, 3.63) is 106 Å². The van der Waals surface area contributed by atoms with Gasteiger partial charge in [0.2, 0.25) is 5.91 Å². The summed E-state index contributed by atoms with van der Waals surface area (Å²) in [4.78, 5) is 31.7. The van der Waals surface area contributed by atoms with Crippen LogP contribution in [0.3, 0.4) is 0 Å². The smallest absolute Gasteiger partial charge is 0.253 e. The van der Waals surface area contributed by atoms with Crippen LogP contribution in [0.4, 0.5) is 0 Å². The monoisotopic (exact) mass is 457 g/mol. The van der Waals surface area contributed by atoms with Crippen molar-refractivity contribution in [2.45, 2.75) is 25.4 Å². The van der Waals surface area contributed by atoms with Crippen LogP contribution in [0.1, 0.15) is 39.6 Å². The number of hydrogen-bond donors (Lipinski definition) is 2. The lowest BCUT2D eigenvalue weighted by Gasteiger charge is -2.29. The molecule has 6 heteroatoms.